The van der Waals surface area contributed by atoms with E-state index in [0.717, 1.165) is 0 Å². The van der Waals surface area contributed by atoms with Gasteiger partial charge in [0.05, 0.1) is 23.8 Å². The van der Waals surface area contributed by atoms with E-state index in [2.05, 4.69) is 0 Å². The quantitative estimate of drug-likeness (QED) is 0.445. The molecule has 0 N–H and O–H groups in total. The van der Waals surface area contributed by atoms with Gasteiger partial charge in [0, 0.05) is 7.11 Å². The normalized spacial score (nSPS) is 15.8. The monoisotopic (exact) mass is 263 g/mol. The van der Waals surface area contributed by atoms with Crippen molar-refractivity contribution in [2.45, 2.75) is 19.4 Å². The van der Waals surface area contributed by atoms with Crippen LogP contribution in [0, 0.1) is 0 Å². The van der Waals surface area contributed by atoms with Crippen LogP contribution in [0.15, 0.2) is 24.3 Å². The lowest BCUT2D eigenvalue weighted by Crippen LogP contribution is -2.42. The number of rotatable bonds is 6. The topological polar surface area (TPSA) is 55.8 Å². The fraction of sp³-hybridized carbons (Fsp3) is 0.429. The predicted octanol–water partition coefficient (Wildman–Crippen LogP) is 1.68. The summed E-state index contributed by atoms with van der Waals surface area (Å²) in [5.41, 5.74) is 0.940. The number of carbonyl (C=O) groups excluding carboxylic acids is 2. The first-order valence-corrected chi connectivity index (χ1v) is 6.24. The van der Waals surface area contributed by atoms with Gasteiger partial charge in [-0.25, -0.2) is 0 Å². The van der Waals surface area contributed by atoms with Crippen LogP contribution in [0.25, 0.3) is 0 Å². The molecule has 0 saturated heterocycles. The second-order valence-electron chi connectivity index (χ2n) is 4.37. The summed E-state index contributed by atoms with van der Waals surface area (Å²) in [6.07, 6.45) is 0.648. The molecule has 5 nitrogen and oxygen atoms in total. The van der Waals surface area contributed by atoms with Gasteiger partial charge in [-0.15, -0.1) is 0 Å². The minimum atomic E-state index is -0.262. The first-order valence-electron chi connectivity index (χ1n) is 6.24. The Balaban J connectivity index is 2.17. The number of hydrogen-bond acceptors (Lipinski definition) is 4. The van der Waals surface area contributed by atoms with Crippen LogP contribution in [0.5, 0.6) is 0 Å². The molecule has 1 aromatic rings. The Morgan fingerprint density at radius 1 is 1.16 bits per heavy atom. The number of hydrogen-bond donors (Lipinski definition) is 0. The minimum Gasteiger partial charge on any atom is -0.359 e. The summed E-state index contributed by atoms with van der Waals surface area (Å²) in [5, 5.41) is 0. The van der Waals surface area contributed by atoms with E-state index in [0.29, 0.717) is 17.5 Å². The van der Waals surface area contributed by atoms with Gasteiger partial charge in [0.2, 0.25) is 0 Å². The van der Waals surface area contributed by atoms with Crippen LogP contribution in [-0.4, -0.2) is 43.3 Å². The van der Waals surface area contributed by atoms with E-state index in [4.69, 9.17) is 9.47 Å². The van der Waals surface area contributed by atoms with Crippen molar-refractivity contribution in [3.05, 3.63) is 35.4 Å². The highest BCUT2D eigenvalue weighted by atomic mass is 16.7. The molecule has 19 heavy (non-hydrogen) atoms. The number of imide groups is 1. The summed E-state index contributed by atoms with van der Waals surface area (Å²) < 4.78 is 10.1. The Bertz CT molecular complexity index is 451. The molecule has 0 spiro atoms. The Morgan fingerprint density at radius 3 is 2.21 bits per heavy atom. The van der Waals surface area contributed by atoms with Gasteiger partial charge >= 0.3 is 0 Å². The molecular weight excluding hydrogens is 246 g/mol. The van der Waals surface area contributed by atoms with E-state index in [9.17, 15) is 9.59 Å². The number of nitrogens with zero attached hydrogens (tertiary/aromatic N) is 1. The molecule has 2 amide bonds. The molecule has 1 atom stereocenters. The van der Waals surface area contributed by atoms with Gasteiger partial charge < -0.3 is 9.47 Å². The summed E-state index contributed by atoms with van der Waals surface area (Å²) >= 11 is 0. The maximum Gasteiger partial charge on any atom is 0.261 e. The highest BCUT2D eigenvalue weighted by Crippen LogP contribution is 2.25. The molecule has 2 rings (SSSR count). The molecule has 1 aliphatic rings. The van der Waals surface area contributed by atoms with Crippen molar-refractivity contribution in [1.82, 2.24) is 4.90 Å². The molecule has 0 fully saturated rings. The molecule has 1 aliphatic heterocycles. The molecule has 0 aromatic heterocycles. The highest BCUT2D eigenvalue weighted by molar-refractivity contribution is 6.21. The van der Waals surface area contributed by atoms with Gasteiger partial charge in [-0.2, -0.15) is 0 Å². The fourth-order valence-electron chi connectivity index (χ4n) is 2.18. The third-order valence-corrected chi connectivity index (χ3v) is 3.17. The number of carbonyl (C=O) groups is 2. The van der Waals surface area contributed by atoms with Crippen LogP contribution in [-0.2, 0) is 9.47 Å². The Hall–Kier alpha value is -1.72. The largest absolute Gasteiger partial charge is 0.359 e. The lowest BCUT2D eigenvalue weighted by atomic mass is 10.1. The fourth-order valence-corrected chi connectivity index (χ4v) is 2.18. The average molecular weight is 263 g/mol. The van der Waals surface area contributed by atoms with Crippen LogP contribution < -0.4 is 0 Å². The molecule has 0 radical (unpaired) electrons. The molecule has 0 bridgehead atoms. The van der Waals surface area contributed by atoms with Crippen LogP contribution in [0.2, 0.25) is 0 Å². The van der Waals surface area contributed by atoms with Gasteiger partial charge in [-0.3, -0.25) is 14.5 Å². The van der Waals surface area contributed by atoms with Gasteiger partial charge in [-0.05, 0) is 18.6 Å². The third kappa shape index (κ3) is 2.52. The van der Waals surface area contributed by atoms with E-state index in [1.54, 1.807) is 24.3 Å². The standard InChI is InChI=1S/C14H17NO4/c1-3-10(8-19-9-18-2)15-13(16)11-6-4-5-7-12(11)14(15)17/h4-7,10H,3,8-9H2,1-2H3. The van der Waals surface area contributed by atoms with Crippen molar-refractivity contribution in [1.29, 1.82) is 0 Å². The number of methoxy groups -OCH3 is 1. The zero-order valence-electron chi connectivity index (χ0n) is 11.1. The predicted molar refractivity (Wildman–Crippen MR) is 68.8 cm³/mol. The van der Waals surface area contributed by atoms with Crippen molar-refractivity contribution in [2.75, 3.05) is 20.5 Å². The number of fused-ring (bicyclic) bond motifs is 1. The average Bonchev–Trinajstić information content (AvgIpc) is 2.69. The SMILES string of the molecule is CCC(COCOC)N1C(=O)c2ccccc2C1=O. The zero-order chi connectivity index (χ0) is 13.8. The molecule has 1 heterocycles. The summed E-state index contributed by atoms with van der Waals surface area (Å²) in [6, 6.07) is 6.62. The maximum absolute atomic E-state index is 12.3. The first-order chi connectivity index (χ1) is 9.20. The minimum absolute atomic E-state index is 0.152. The third-order valence-electron chi connectivity index (χ3n) is 3.17. The Labute approximate surface area is 112 Å². The van der Waals surface area contributed by atoms with E-state index < -0.39 is 0 Å². The first kappa shape index (κ1) is 13.7. The molecule has 0 saturated carbocycles. The van der Waals surface area contributed by atoms with E-state index >= 15 is 0 Å². The van der Waals surface area contributed by atoms with E-state index in [1.165, 1.54) is 12.0 Å². The maximum atomic E-state index is 12.3. The van der Waals surface area contributed by atoms with Crippen molar-refractivity contribution in [3.8, 4) is 0 Å². The second kappa shape index (κ2) is 5.95. The van der Waals surface area contributed by atoms with Crippen molar-refractivity contribution >= 4 is 11.8 Å². The van der Waals surface area contributed by atoms with Gasteiger partial charge in [0.1, 0.15) is 6.79 Å². The lowest BCUT2D eigenvalue weighted by Gasteiger charge is -2.24. The molecule has 1 unspecified atom stereocenters. The molecule has 102 valence electrons. The number of ether oxygens (including phenoxy) is 2. The zero-order valence-corrected chi connectivity index (χ0v) is 11.1. The van der Waals surface area contributed by atoms with E-state index in [1.807, 2.05) is 6.92 Å². The van der Waals surface area contributed by atoms with Gasteiger partial charge in [0.25, 0.3) is 11.8 Å². The smallest absolute Gasteiger partial charge is 0.261 e. The summed E-state index contributed by atoms with van der Waals surface area (Å²) in [7, 11) is 1.53. The van der Waals surface area contributed by atoms with Crippen LogP contribution in [0.4, 0.5) is 0 Å². The Morgan fingerprint density at radius 2 is 1.74 bits per heavy atom. The van der Waals surface area contributed by atoms with E-state index in [-0.39, 0.29) is 31.3 Å². The van der Waals surface area contributed by atoms with Crippen LogP contribution in [0.3, 0.4) is 0 Å². The lowest BCUT2D eigenvalue weighted by molar-refractivity contribution is -0.0465. The molecule has 0 aliphatic carbocycles. The van der Waals surface area contributed by atoms with Crippen LogP contribution >= 0.6 is 0 Å². The Kier molecular flexibility index (Phi) is 4.29. The summed E-state index contributed by atoms with van der Waals surface area (Å²) in [5.74, 6) is -0.484. The number of amides is 2. The molecule has 1 aromatic carbocycles. The van der Waals surface area contributed by atoms with Crippen molar-refractivity contribution in [2.24, 2.45) is 0 Å². The van der Waals surface area contributed by atoms with Crippen molar-refractivity contribution in [3.63, 3.8) is 0 Å². The van der Waals surface area contributed by atoms with Gasteiger partial charge in [0.15, 0.2) is 0 Å². The summed E-state index contributed by atoms with van der Waals surface area (Å²) in [4.78, 5) is 25.8. The molecular formula is C14H17NO4. The van der Waals surface area contributed by atoms with Gasteiger partial charge in [-0.1, -0.05) is 19.1 Å². The van der Waals surface area contributed by atoms with Crippen LogP contribution in [0.1, 0.15) is 34.1 Å². The molecule has 5 heteroatoms. The number of benzene rings is 1. The summed E-state index contributed by atoms with van der Waals surface area (Å²) in [6.45, 7) is 2.36. The highest BCUT2D eigenvalue weighted by Gasteiger charge is 2.39. The second-order valence-corrected chi connectivity index (χ2v) is 4.37. The van der Waals surface area contributed by atoms with Crippen molar-refractivity contribution < 1.29 is 19.1 Å².